The molecule has 0 saturated carbocycles. The summed E-state index contributed by atoms with van der Waals surface area (Å²) in [7, 11) is -0.0394. The van der Waals surface area contributed by atoms with E-state index in [0.717, 1.165) is 15.4 Å². The molecule has 2 aromatic carbocycles. The first-order chi connectivity index (χ1) is 12.7. The van der Waals surface area contributed by atoms with Gasteiger partial charge in [-0.15, -0.1) is 0 Å². The Hall–Kier alpha value is -2.38. The van der Waals surface area contributed by atoms with Gasteiger partial charge in [0, 0.05) is 13.1 Å². The first kappa shape index (κ1) is 20.9. The molecule has 0 heterocycles. The molecule has 0 spiro atoms. The summed E-state index contributed by atoms with van der Waals surface area (Å²) in [5, 5.41) is 2.77. The molecule has 0 radical (unpaired) electrons. The standard InChI is InChI=1S/C20H27N3O3S/c1-16-5-9-18(10-6-16)23(15-20(24)21-13-14-22(3)4)27(25,26)19-11-7-17(2)8-12-19/h5-12H,13-15H2,1-4H3,(H,21,24). The number of hydrogen-bond donors (Lipinski definition) is 1. The van der Waals surface area contributed by atoms with Crippen molar-refractivity contribution in [2.75, 3.05) is 38.0 Å². The maximum absolute atomic E-state index is 13.2. The first-order valence-corrected chi connectivity index (χ1v) is 10.2. The average molecular weight is 390 g/mol. The Bertz CT molecular complexity index is 860. The lowest BCUT2D eigenvalue weighted by atomic mass is 10.2. The van der Waals surface area contributed by atoms with Crippen molar-refractivity contribution in [3.8, 4) is 0 Å². The van der Waals surface area contributed by atoms with Crippen molar-refractivity contribution in [2.24, 2.45) is 0 Å². The molecule has 0 aliphatic carbocycles. The number of rotatable bonds is 8. The minimum absolute atomic E-state index is 0.162. The second-order valence-electron chi connectivity index (χ2n) is 6.81. The van der Waals surface area contributed by atoms with Crippen LogP contribution in [0.4, 0.5) is 5.69 Å². The Morgan fingerprint density at radius 2 is 1.44 bits per heavy atom. The van der Waals surface area contributed by atoms with Crippen LogP contribution in [0.15, 0.2) is 53.4 Å². The molecule has 1 amide bonds. The molecular formula is C20H27N3O3S. The van der Waals surface area contributed by atoms with Gasteiger partial charge in [-0.3, -0.25) is 9.10 Å². The van der Waals surface area contributed by atoms with Gasteiger partial charge in [0.05, 0.1) is 10.6 Å². The second-order valence-corrected chi connectivity index (χ2v) is 8.68. The Morgan fingerprint density at radius 3 is 1.96 bits per heavy atom. The Morgan fingerprint density at radius 1 is 0.926 bits per heavy atom. The number of nitrogens with zero attached hydrogens (tertiary/aromatic N) is 2. The van der Waals surface area contributed by atoms with E-state index in [9.17, 15) is 13.2 Å². The molecule has 0 atom stereocenters. The van der Waals surface area contributed by atoms with E-state index in [0.29, 0.717) is 18.8 Å². The molecule has 1 N–H and O–H groups in total. The third-order valence-corrected chi connectivity index (χ3v) is 5.89. The van der Waals surface area contributed by atoms with Crippen molar-refractivity contribution < 1.29 is 13.2 Å². The topological polar surface area (TPSA) is 69.7 Å². The van der Waals surface area contributed by atoms with E-state index in [1.807, 2.05) is 45.0 Å². The molecule has 146 valence electrons. The van der Waals surface area contributed by atoms with Crippen molar-refractivity contribution >= 4 is 21.6 Å². The molecule has 0 fully saturated rings. The van der Waals surface area contributed by atoms with E-state index in [1.54, 1.807) is 36.4 Å². The number of anilines is 1. The van der Waals surface area contributed by atoms with Gasteiger partial charge >= 0.3 is 0 Å². The SMILES string of the molecule is Cc1ccc(N(CC(=O)NCCN(C)C)S(=O)(=O)c2ccc(C)cc2)cc1. The number of likely N-dealkylation sites (N-methyl/N-ethyl adjacent to an activating group) is 1. The number of hydrogen-bond acceptors (Lipinski definition) is 4. The van der Waals surface area contributed by atoms with Gasteiger partial charge in [-0.1, -0.05) is 35.4 Å². The van der Waals surface area contributed by atoms with Gasteiger partial charge in [0.1, 0.15) is 6.54 Å². The number of nitrogens with one attached hydrogen (secondary N) is 1. The largest absolute Gasteiger partial charge is 0.353 e. The summed E-state index contributed by atoms with van der Waals surface area (Å²) < 4.78 is 27.5. The van der Waals surface area contributed by atoms with Crippen LogP contribution in [0.25, 0.3) is 0 Å². The van der Waals surface area contributed by atoms with Crippen LogP contribution < -0.4 is 9.62 Å². The molecule has 0 aliphatic rings. The molecule has 7 heteroatoms. The zero-order chi connectivity index (χ0) is 20.0. The van der Waals surface area contributed by atoms with Crippen LogP contribution in [0.3, 0.4) is 0 Å². The Kier molecular flexibility index (Phi) is 6.98. The number of aryl methyl sites for hydroxylation is 2. The molecule has 0 bridgehead atoms. The second kappa shape index (κ2) is 9.01. The van der Waals surface area contributed by atoms with Crippen LogP contribution in [0, 0.1) is 13.8 Å². The van der Waals surface area contributed by atoms with E-state index in [4.69, 9.17) is 0 Å². The predicted molar refractivity (Wildman–Crippen MR) is 108 cm³/mol. The Labute approximate surface area is 161 Å². The lowest BCUT2D eigenvalue weighted by molar-refractivity contribution is -0.119. The van der Waals surface area contributed by atoms with Gasteiger partial charge in [-0.05, 0) is 52.2 Å². The third kappa shape index (κ3) is 5.80. The molecule has 0 unspecified atom stereocenters. The van der Waals surface area contributed by atoms with E-state index in [1.165, 1.54) is 0 Å². The van der Waals surface area contributed by atoms with E-state index < -0.39 is 10.0 Å². The fourth-order valence-corrected chi connectivity index (χ4v) is 3.89. The van der Waals surface area contributed by atoms with Gasteiger partial charge < -0.3 is 10.2 Å². The van der Waals surface area contributed by atoms with Crippen molar-refractivity contribution in [2.45, 2.75) is 18.7 Å². The maximum Gasteiger partial charge on any atom is 0.264 e. The molecule has 2 aromatic rings. The summed E-state index contributed by atoms with van der Waals surface area (Å²) >= 11 is 0. The molecular weight excluding hydrogens is 362 g/mol. The number of amides is 1. The van der Waals surface area contributed by atoms with Gasteiger partial charge in [0.25, 0.3) is 10.0 Å². The quantitative estimate of drug-likeness (QED) is 0.751. The van der Waals surface area contributed by atoms with Gasteiger partial charge in [0.2, 0.25) is 5.91 Å². The summed E-state index contributed by atoms with van der Waals surface area (Å²) in [5.41, 5.74) is 2.45. The lowest BCUT2D eigenvalue weighted by Gasteiger charge is -2.24. The van der Waals surface area contributed by atoms with Crippen LogP contribution in [0.5, 0.6) is 0 Å². The molecule has 0 saturated heterocycles. The fourth-order valence-electron chi connectivity index (χ4n) is 2.47. The van der Waals surface area contributed by atoms with Gasteiger partial charge in [-0.2, -0.15) is 0 Å². The number of benzene rings is 2. The van der Waals surface area contributed by atoms with E-state index >= 15 is 0 Å². The van der Waals surface area contributed by atoms with Crippen LogP contribution in [-0.4, -0.2) is 53.0 Å². The van der Waals surface area contributed by atoms with Crippen LogP contribution in [0.2, 0.25) is 0 Å². The van der Waals surface area contributed by atoms with E-state index in [-0.39, 0.29) is 17.3 Å². The number of carbonyl (C=O) groups excluding carboxylic acids is 1. The monoisotopic (exact) mass is 389 g/mol. The minimum Gasteiger partial charge on any atom is -0.353 e. The van der Waals surface area contributed by atoms with Crippen molar-refractivity contribution in [1.82, 2.24) is 10.2 Å². The van der Waals surface area contributed by atoms with Gasteiger partial charge in [0.15, 0.2) is 0 Å². The molecule has 2 rings (SSSR count). The number of sulfonamides is 1. The third-order valence-electron chi connectivity index (χ3n) is 4.10. The zero-order valence-electron chi connectivity index (χ0n) is 16.3. The summed E-state index contributed by atoms with van der Waals surface area (Å²) in [5.74, 6) is -0.340. The maximum atomic E-state index is 13.2. The van der Waals surface area contributed by atoms with Gasteiger partial charge in [-0.25, -0.2) is 8.42 Å². The smallest absolute Gasteiger partial charge is 0.264 e. The summed E-state index contributed by atoms with van der Waals surface area (Å²) in [6, 6.07) is 13.7. The van der Waals surface area contributed by atoms with Crippen molar-refractivity contribution in [1.29, 1.82) is 0 Å². The van der Waals surface area contributed by atoms with E-state index in [2.05, 4.69) is 5.32 Å². The minimum atomic E-state index is -3.86. The highest BCUT2D eigenvalue weighted by Crippen LogP contribution is 2.24. The van der Waals surface area contributed by atoms with Crippen molar-refractivity contribution in [3.63, 3.8) is 0 Å². The van der Waals surface area contributed by atoms with Crippen molar-refractivity contribution in [3.05, 3.63) is 59.7 Å². The highest BCUT2D eigenvalue weighted by molar-refractivity contribution is 7.92. The Balaban J connectivity index is 2.30. The molecule has 0 aliphatic heterocycles. The first-order valence-electron chi connectivity index (χ1n) is 8.77. The lowest BCUT2D eigenvalue weighted by Crippen LogP contribution is -2.42. The molecule has 6 nitrogen and oxygen atoms in total. The molecule has 0 aromatic heterocycles. The highest BCUT2D eigenvalue weighted by Gasteiger charge is 2.27. The summed E-state index contributed by atoms with van der Waals surface area (Å²) in [6.07, 6.45) is 0. The zero-order valence-corrected chi connectivity index (χ0v) is 17.1. The van der Waals surface area contributed by atoms with Crippen LogP contribution >= 0.6 is 0 Å². The van der Waals surface area contributed by atoms with Crippen LogP contribution in [-0.2, 0) is 14.8 Å². The summed E-state index contributed by atoms with van der Waals surface area (Å²) in [6.45, 7) is 4.69. The highest BCUT2D eigenvalue weighted by atomic mass is 32.2. The predicted octanol–water partition coefficient (Wildman–Crippen LogP) is 2.18. The van der Waals surface area contributed by atoms with Crippen LogP contribution in [0.1, 0.15) is 11.1 Å². The average Bonchev–Trinajstić information content (AvgIpc) is 2.60. The summed E-state index contributed by atoms with van der Waals surface area (Å²) in [4.78, 5) is 14.5. The fraction of sp³-hybridized carbons (Fsp3) is 0.350. The number of carbonyl (C=O) groups is 1. The molecule has 27 heavy (non-hydrogen) atoms. The normalized spacial score (nSPS) is 11.4.